The van der Waals surface area contributed by atoms with Crippen molar-refractivity contribution in [3.8, 4) is 0 Å². The molecule has 0 saturated carbocycles. The summed E-state index contributed by atoms with van der Waals surface area (Å²) >= 11 is 0. The number of carbonyl (C=O) groups excluding carboxylic acids is 2. The largest absolute Gasteiger partial charge is 0.361 e. The molecule has 5 heteroatoms. The lowest BCUT2D eigenvalue weighted by Gasteiger charge is -2.05. The van der Waals surface area contributed by atoms with Gasteiger partial charge in [-0.3, -0.25) is 9.59 Å². The van der Waals surface area contributed by atoms with E-state index in [-0.39, 0.29) is 11.8 Å². The predicted molar refractivity (Wildman–Crippen MR) is 93.8 cm³/mol. The fourth-order valence-electron chi connectivity index (χ4n) is 2.03. The first-order chi connectivity index (χ1) is 10.9. The maximum absolute atomic E-state index is 11.6. The quantitative estimate of drug-likeness (QED) is 0.881. The Kier molecular flexibility index (Phi) is 5.01. The molecule has 1 aromatic carbocycles. The number of rotatable bonds is 4. The van der Waals surface area contributed by atoms with Gasteiger partial charge in [0.1, 0.15) is 0 Å². The molecule has 1 aromatic heterocycles. The second kappa shape index (κ2) is 6.96. The van der Waals surface area contributed by atoms with Crippen molar-refractivity contribution >= 4 is 34.9 Å². The number of carbonyl (C=O) groups is 2. The summed E-state index contributed by atoms with van der Waals surface area (Å²) in [5.74, 6) is -0.108. The van der Waals surface area contributed by atoms with Crippen molar-refractivity contribution in [2.24, 2.45) is 0 Å². The zero-order valence-electron chi connectivity index (χ0n) is 13.8. The van der Waals surface area contributed by atoms with Crippen molar-refractivity contribution in [1.29, 1.82) is 0 Å². The lowest BCUT2D eigenvalue weighted by molar-refractivity contribution is -0.124. The number of fused-ring (bicyclic) bond motifs is 1. The first kappa shape index (κ1) is 16.5. The number of hydrogen-bond donors (Lipinski definition) is 1. The Bertz CT molecular complexity index is 783. The molecule has 23 heavy (non-hydrogen) atoms. The van der Waals surface area contributed by atoms with Gasteiger partial charge in [0.15, 0.2) is 0 Å². The SMILES string of the molecule is CN(C)C(=O)/C=C/c1ccc2c(/C=C/C(=O)N(C)C)c[nH]c2c1. The van der Waals surface area contributed by atoms with Gasteiger partial charge in [0.2, 0.25) is 11.8 Å². The summed E-state index contributed by atoms with van der Waals surface area (Å²) < 4.78 is 0. The van der Waals surface area contributed by atoms with Crippen LogP contribution < -0.4 is 0 Å². The van der Waals surface area contributed by atoms with E-state index in [0.29, 0.717) is 0 Å². The van der Waals surface area contributed by atoms with Crippen LogP contribution in [0.1, 0.15) is 11.1 Å². The van der Waals surface area contributed by atoms with Crippen molar-refractivity contribution < 1.29 is 9.59 Å². The summed E-state index contributed by atoms with van der Waals surface area (Å²) in [6.07, 6.45) is 8.54. The van der Waals surface area contributed by atoms with Crippen LogP contribution in [0.15, 0.2) is 36.5 Å². The third kappa shape index (κ3) is 4.10. The van der Waals surface area contributed by atoms with Crippen LogP contribution in [-0.2, 0) is 9.59 Å². The van der Waals surface area contributed by atoms with Crippen molar-refractivity contribution in [3.63, 3.8) is 0 Å². The Morgan fingerprint density at radius 1 is 0.957 bits per heavy atom. The molecule has 2 amide bonds. The van der Waals surface area contributed by atoms with E-state index in [1.807, 2.05) is 24.4 Å². The molecule has 1 heterocycles. The van der Waals surface area contributed by atoms with Crippen molar-refractivity contribution in [1.82, 2.24) is 14.8 Å². The average Bonchev–Trinajstić information content (AvgIpc) is 2.92. The van der Waals surface area contributed by atoms with Gasteiger partial charge in [-0.05, 0) is 29.3 Å². The molecule has 5 nitrogen and oxygen atoms in total. The fourth-order valence-corrected chi connectivity index (χ4v) is 2.03. The second-order valence-corrected chi connectivity index (χ2v) is 5.68. The Morgan fingerprint density at radius 2 is 1.57 bits per heavy atom. The standard InChI is InChI=1S/C18H21N3O2/c1-20(2)17(22)9-6-13-5-8-15-14(12-19-16(15)11-13)7-10-18(23)21(3)4/h5-12,19H,1-4H3/b9-6+,10-7+. The number of benzene rings is 1. The van der Waals surface area contributed by atoms with E-state index in [9.17, 15) is 9.59 Å². The highest BCUT2D eigenvalue weighted by atomic mass is 16.2. The summed E-state index contributed by atoms with van der Waals surface area (Å²) in [5, 5.41) is 1.03. The number of nitrogens with one attached hydrogen (secondary N) is 1. The van der Waals surface area contributed by atoms with Gasteiger partial charge in [-0.25, -0.2) is 0 Å². The van der Waals surface area contributed by atoms with Gasteiger partial charge in [0.25, 0.3) is 0 Å². The minimum Gasteiger partial charge on any atom is -0.361 e. The Morgan fingerprint density at radius 3 is 2.17 bits per heavy atom. The van der Waals surface area contributed by atoms with Crippen LogP contribution in [-0.4, -0.2) is 54.8 Å². The molecule has 1 N–H and O–H groups in total. The zero-order chi connectivity index (χ0) is 17.0. The van der Waals surface area contributed by atoms with Crippen LogP contribution in [0, 0.1) is 0 Å². The van der Waals surface area contributed by atoms with Crippen molar-refractivity contribution in [2.75, 3.05) is 28.2 Å². The smallest absolute Gasteiger partial charge is 0.246 e. The lowest BCUT2D eigenvalue weighted by Crippen LogP contribution is -2.18. The molecule has 120 valence electrons. The molecule has 0 saturated heterocycles. The Labute approximate surface area is 135 Å². The minimum absolute atomic E-state index is 0.0533. The first-order valence-electron chi connectivity index (χ1n) is 7.28. The maximum atomic E-state index is 11.6. The van der Waals surface area contributed by atoms with E-state index in [0.717, 1.165) is 22.0 Å². The topological polar surface area (TPSA) is 56.4 Å². The number of hydrogen-bond acceptors (Lipinski definition) is 2. The van der Waals surface area contributed by atoms with Gasteiger partial charge in [-0.15, -0.1) is 0 Å². The van der Waals surface area contributed by atoms with Crippen molar-refractivity contribution in [3.05, 3.63) is 47.7 Å². The van der Waals surface area contributed by atoms with Gasteiger partial charge < -0.3 is 14.8 Å². The summed E-state index contributed by atoms with van der Waals surface area (Å²) in [6.45, 7) is 0. The number of likely N-dealkylation sites (N-methyl/N-ethyl adjacent to an activating group) is 2. The molecule has 0 bridgehead atoms. The second-order valence-electron chi connectivity index (χ2n) is 5.68. The monoisotopic (exact) mass is 311 g/mol. The van der Waals surface area contributed by atoms with Gasteiger partial charge in [0.05, 0.1) is 0 Å². The van der Waals surface area contributed by atoms with Gasteiger partial charge >= 0.3 is 0 Å². The predicted octanol–water partition coefficient (Wildman–Crippen LogP) is 2.37. The molecule has 0 unspecified atom stereocenters. The highest BCUT2D eigenvalue weighted by Crippen LogP contribution is 2.21. The Balaban J connectivity index is 2.24. The summed E-state index contributed by atoms with van der Waals surface area (Å²) in [7, 11) is 6.87. The third-order valence-corrected chi connectivity index (χ3v) is 3.44. The molecule has 0 aliphatic carbocycles. The summed E-state index contributed by atoms with van der Waals surface area (Å²) in [6, 6.07) is 5.89. The van der Waals surface area contributed by atoms with Crippen LogP contribution in [0.5, 0.6) is 0 Å². The van der Waals surface area contributed by atoms with Crippen LogP contribution in [0.25, 0.3) is 23.1 Å². The van der Waals surface area contributed by atoms with E-state index in [2.05, 4.69) is 4.98 Å². The Hall–Kier alpha value is -2.82. The molecular weight excluding hydrogens is 290 g/mol. The normalized spacial score (nSPS) is 11.5. The molecule has 0 radical (unpaired) electrons. The van der Waals surface area contributed by atoms with E-state index in [4.69, 9.17) is 0 Å². The average molecular weight is 311 g/mol. The number of H-pyrrole nitrogens is 1. The maximum Gasteiger partial charge on any atom is 0.246 e. The molecule has 2 rings (SSSR count). The highest BCUT2D eigenvalue weighted by molar-refractivity contribution is 5.97. The molecule has 0 fully saturated rings. The highest BCUT2D eigenvalue weighted by Gasteiger charge is 2.04. The number of amides is 2. The summed E-state index contributed by atoms with van der Waals surface area (Å²) in [5.41, 5.74) is 2.85. The summed E-state index contributed by atoms with van der Waals surface area (Å²) in [4.78, 5) is 29.4. The molecule has 0 atom stereocenters. The molecular formula is C18H21N3O2. The number of nitrogens with zero attached hydrogens (tertiary/aromatic N) is 2. The van der Waals surface area contributed by atoms with Gasteiger partial charge in [0, 0.05) is 57.4 Å². The lowest BCUT2D eigenvalue weighted by atomic mass is 10.1. The van der Waals surface area contributed by atoms with E-state index in [1.165, 1.54) is 9.80 Å². The number of aromatic amines is 1. The van der Waals surface area contributed by atoms with Crippen LogP contribution >= 0.6 is 0 Å². The van der Waals surface area contributed by atoms with Crippen LogP contribution in [0.3, 0.4) is 0 Å². The molecule has 0 aliphatic heterocycles. The van der Waals surface area contributed by atoms with Crippen molar-refractivity contribution in [2.45, 2.75) is 0 Å². The molecule has 2 aromatic rings. The van der Waals surface area contributed by atoms with Crippen LogP contribution in [0.4, 0.5) is 0 Å². The van der Waals surface area contributed by atoms with E-state index >= 15 is 0 Å². The van der Waals surface area contributed by atoms with Gasteiger partial charge in [-0.1, -0.05) is 12.1 Å². The molecule has 0 aliphatic rings. The fraction of sp³-hybridized carbons (Fsp3) is 0.222. The van der Waals surface area contributed by atoms with E-state index < -0.39 is 0 Å². The zero-order valence-corrected chi connectivity index (χ0v) is 13.8. The van der Waals surface area contributed by atoms with Crippen LogP contribution in [0.2, 0.25) is 0 Å². The molecule has 0 spiro atoms. The van der Waals surface area contributed by atoms with E-state index in [1.54, 1.807) is 52.5 Å². The first-order valence-corrected chi connectivity index (χ1v) is 7.28. The number of aromatic nitrogens is 1. The third-order valence-electron chi connectivity index (χ3n) is 3.44. The van der Waals surface area contributed by atoms with Gasteiger partial charge in [-0.2, -0.15) is 0 Å². The minimum atomic E-state index is -0.0545.